The van der Waals surface area contributed by atoms with E-state index in [1.54, 1.807) is 0 Å². The third-order valence-corrected chi connectivity index (χ3v) is 3.60. The van der Waals surface area contributed by atoms with Crippen molar-refractivity contribution in [2.75, 3.05) is 17.2 Å². The summed E-state index contributed by atoms with van der Waals surface area (Å²) in [6.45, 7) is 4.51. The van der Waals surface area contributed by atoms with Crippen LogP contribution >= 0.6 is 0 Å². The monoisotopic (exact) mass is 282 g/mol. The molecule has 0 spiro atoms. The first-order chi connectivity index (χ1) is 10.1. The number of amides is 1. The summed E-state index contributed by atoms with van der Waals surface area (Å²) in [4.78, 5) is 20.4. The number of aromatic nitrogens is 2. The second-order valence-corrected chi connectivity index (χ2v) is 5.36. The molecule has 0 fully saturated rings. The smallest absolute Gasteiger partial charge is 0.225 e. The van der Waals surface area contributed by atoms with Crippen molar-refractivity contribution in [3.8, 4) is 0 Å². The number of nitrogens with one attached hydrogen (secondary N) is 2. The number of para-hydroxylation sites is 1. The summed E-state index contributed by atoms with van der Waals surface area (Å²) >= 11 is 0. The lowest BCUT2D eigenvalue weighted by molar-refractivity contribution is -0.116. The first-order valence-electron chi connectivity index (χ1n) is 7.07. The van der Waals surface area contributed by atoms with Crippen molar-refractivity contribution >= 4 is 17.4 Å². The molecule has 5 nitrogen and oxygen atoms in total. The predicted octanol–water partition coefficient (Wildman–Crippen LogP) is 2.63. The van der Waals surface area contributed by atoms with Gasteiger partial charge in [-0.05, 0) is 25.5 Å². The number of rotatable bonds is 3. The van der Waals surface area contributed by atoms with E-state index in [9.17, 15) is 4.79 Å². The van der Waals surface area contributed by atoms with Gasteiger partial charge in [-0.15, -0.1) is 0 Å². The Kier molecular flexibility index (Phi) is 3.56. The van der Waals surface area contributed by atoms with E-state index in [4.69, 9.17) is 0 Å². The molecular formula is C16H18N4O. The molecule has 1 atom stereocenters. The van der Waals surface area contributed by atoms with Gasteiger partial charge in [0.15, 0.2) is 0 Å². The highest BCUT2D eigenvalue weighted by Gasteiger charge is 2.24. The Labute approximate surface area is 123 Å². The van der Waals surface area contributed by atoms with Gasteiger partial charge in [0, 0.05) is 36.3 Å². The molecular weight excluding hydrogens is 264 g/mol. The Bertz CT molecular complexity index is 663. The number of fused-ring (bicyclic) bond motifs is 1. The van der Waals surface area contributed by atoms with Crippen molar-refractivity contribution in [3.63, 3.8) is 0 Å². The molecule has 1 aromatic carbocycles. The predicted molar refractivity (Wildman–Crippen MR) is 82.4 cm³/mol. The SMILES string of the molecule is Cc1cc(NC[C@@H]2CC(=O)Nc3ccccc32)nc(C)n1. The quantitative estimate of drug-likeness (QED) is 0.908. The zero-order valence-electron chi connectivity index (χ0n) is 12.2. The van der Waals surface area contributed by atoms with Crippen LogP contribution in [-0.2, 0) is 4.79 Å². The fourth-order valence-electron chi connectivity index (χ4n) is 2.72. The van der Waals surface area contributed by atoms with Gasteiger partial charge in [-0.2, -0.15) is 0 Å². The molecule has 21 heavy (non-hydrogen) atoms. The lowest BCUT2D eigenvalue weighted by Gasteiger charge is -2.25. The number of anilines is 2. The van der Waals surface area contributed by atoms with Gasteiger partial charge in [0.2, 0.25) is 5.91 Å². The van der Waals surface area contributed by atoms with Crippen molar-refractivity contribution < 1.29 is 4.79 Å². The minimum Gasteiger partial charge on any atom is -0.369 e. The van der Waals surface area contributed by atoms with Crippen LogP contribution in [0.3, 0.4) is 0 Å². The van der Waals surface area contributed by atoms with Gasteiger partial charge in [-0.1, -0.05) is 18.2 Å². The van der Waals surface area contributed by atoms with Crippen molar-refractivity contribution in [2.45, 2.75) is 26.2 Å². The number of benzene rings is 1. The van der Waals surface area contributed by atoms with Gasteiger partial charge < -0.3 is 10.6 Å². The Balaban J connectivity index is 1.77. The highest BCUT2D eigenvalue weighted by molar-refractivity contribution is 5.94. The molecule has 0 unspecified atom stereocenters. The van der Waals surface area contributed by atoms with Gasteiger partial charge >= 0.3 is 0 Å². The molecule has 1 aliphatic heterocycles. The summed E-state index contributed by atoms with van der Waals surface area (Å²) < 4.78 is 0. The molecule has 0 saturated heterocycles. The molecule has 1 amide bonds. The van der Waals surface area contributed by atoms with E-state index in [0.29, 0.717) is 13.0 Å². The van der Waals surface area contributed by atoms with Crippen LogP contribution in [0.15, 0.2) is 30.3 Å². The van der Waals surface area contributed by atoms with Crippen LogP contribution in [0.5, 0.6) is 0 Å². The number of carbonyl (C=O) groups is 1. The van der Waals surface area contributed by atoms with E-state index in [1.807, 2.05) is 38.1 Å². The second kappa shape index (κ2) is 5.52. The summed E-state index contributed by atoms with van der Waals surface area (Å²) in [5.41, 5.74) is 3.02. The van der Waals surface area contributed by atoms with Crippen LogP contribution in [0.2, 0.25) is 0 Å². The Morgan fingerprint density at radius 2 is 2.10 bits per heavy atom. The first kappa shape index (κ1) is 13.5. The van der Waals surface area contributed by atoms with Crippen LogP contribution in [0.25, 0.3) is 0 Å². The summed E-state index contributed by atoms with van der Waals surface area (Å²) in [7, 11) is 0. The van der Waals surface area contributed by atoms with Crippen molar-refractivity contribution in [2.24, 2.45) is 0 Å². The number of carbonyl (C=O) groups excluding carboxylic acids is 1. The molecule has 5 heteroatoms. The lowest BCUT2D eigenvalue weighted by Crippen LogP contribution is -2.27. The molecule has 2 N–H and O–H groups in total. The maximum absolute atomic E-state index is 11.8. The molecule has 2 heterocycles. The Hall–Kier alpha value is -2.43. The van der Waals surface area contributed by atoms with E-state index in [-0.39, 0.29) is 11.8 Å². The molecule has 0 radical (unpaired) electrons. The minimum atomic E-state index is 0.0653. The van der Waals surface area contributed by atoms with Gasteiger partial charge in [0.1, 0.15) is 11.6 Å². The average Bonchev–Trinajstić information content (AvgIpc) is 2.43. The minimum absolute atomic E-state index is 0.0653. The number of aryl methyl sites for hydroxylation is 2. The maximum atomic E-state index is 11.8. The largest absolute Gasteiger partial charge is 0.369 e. The zero-order valence-corrected chi connectivity index (χ0v) is 12.2. The first-order valence-corrected chi connectivity index (χ1v) is 7.07. The fourth-order valence-corrected chi connectivity index (χ4v) is 2.72. The van der Waals surface area contributed by atoms with Crippen molar-refractivity contribution in [1.29, 1.82) is 0 Å². The standard InChI is InChI=1S/C16H18N4O/c1-10-7-15(19-11(2)18-10)17-9-12-8-16(21)20-14-6-4-3-5-13(12)14/h3-7,12H,8-9H2,1-2H3,(H,20,21)(H,17,18,19)/t12-/m0/s1. The van der Waals surface area contributed by atoms with Crippen LogP contribution in [0.4, 0.5) is 11.5 Å². The van der Waals surface area contributed by atoms with E-state index >= 15 is 0 Å². The van der Waals surface area contributed by atoms with E-state index in [2.05, 4.69) is 26.7 Å². The van der Waals surface area contributed by atoms with Crippen LogP contribution in [-0.4, -0.2) is 22.4 Å². The van der Waals surface area contributed by atoms with E-state index < -0.39 is 0 Å². The average molecular weight is 282 g/mol. The lowest BCUT2D eigenvalue weighted by atomic mass is 9.90. The summed E-state index contributed by atoms with van der Waals surface area (Å²) in [6.07, 6.45) is 0.493. The second-order valence-electron chi connectivity index (χ2n) is 5.36. The molecule has 108 valence electrons. The Morgan fingerprint density at radius 3 is 2.90 bits per heavy atom. The van der Waals surface area contributed by atoms with Crippen molar-refractivity contribution in [3.05, 3.63) is 47.4 Å². The van der Waals surface area contributed by atoms with Gasteiger partial charge in [-0.3, -0.25) is 4.79 Å². The molecule has 0 bridgehead atoms. The third kappa shape index (κ3) is 3.02. The van der Waals surface area contributed by atoms with Gasteiger partial charge in [0.05, 0.1) is 0 Å². The number of hydrogen-bond donors (Lipinski definition) is 2. The normalized spacial score (nSPS) is 17.0. The highest BCUT2D eigenvalue weighted by atomic mass is 16.1. The zero-order chi connectivity index (χ0) is 14.8. The molecule has 1 aliphatic rings. The van der Waals surface area contributed by atoms with Gasteiger partial charge in [0.25, 0.3) is 0 Å². The summed E-state index contributed by atoms with van der Waals surface area (Å²) in [5.74, 6) is 1.78. The third-order valence-electron chi connectivity index (χ3n) is 3.60. The van der Waals surface area contributed by atoms with Crippen LogP contribution in [0.1, 0.15) is 29.4 Å². The molecule has 1 aromatic heterocycles. The van der Waals surface area contributed by atoms with Crippen LogP contribution in [0, 0.1) is 13.8 Å². The van der Waals surface area contributed by atoms with Crippen molar-refractivity contribution in [1.82, 2.24) is 9.97 Å². The van der Waals surface area contributed by atoms with Crippen LogP contribution < -0.4 is 10.6 Å². The maximum Gasteiger partial charge on any atom is 0.225 e. The highest BCUT2D eigenvalue weighted by Crippen LogP contribution is 2.31. The fraction of sp³-hybridized carbons (Fsp3) is 0.312. The summed E-state index contributed by atoms with van der Waals surface area (Å²) in [5, 5.41) is 6.24. The number of nitrogens with zero attached hydrogens (tertiary/aromatic N) is 2. The van der Waals surface area contributed by atoms with E-state index in [0.717, 1.165) is 23.0 Å². The molecule has 0 aliphatic carbocycles. The Morgan fingerprint density at radius 1 is 1.29 bits per heavy atom. The summed E-state index contributed by atoms with van der Waals surface area (Å²) in [6, 6.07) is 9.87. The molecule has 3 rings (SSSR count). The topological polar surface area (TPSA) is 66.9 Å². The molecule has 0 saturated carbocycles. The number of hydrogen-bond acceptors (Lipinski definition) is 4. The van der Waals surface area contributed by atoms with Gasteiger partial charge in [-0.25, -0.2) is 9.97 Å². The van der Waals surface area contributed by atoms with E-state index in [1.165, 1.54) is 5.56 Å². The molecule has 2 aromatic rings.